The van der Waals surface area contributed by atoms with Crippen LogP contribution in [0.5, 0.6) is 0 Å². The molecule has 0 aromatic carbocycles. The number of carbonyl (C=O) groups excluding carboxylic acids is 1. The monoisotopic (exact) mass is 332 g/mol. The Balaban J connectivity index is 2.37. The lowest BCUT2D eigenvalue weighted by molar-refractivity contribution is -0.137. The number of aliphatic hydroxyl groups excluding tert-OH is 2. The van der Waals surface area contributed by atoms with Crippen LogP contribution in [0.3, 0.4) is 0 Å². The number of fused-ring (bicyclic) bond motifs is 1. The van der Waals surface area contributed by atoms with Crippen LogP contribution in [0.2, 0.25) is 0 Å². The first-order chi connectivity index (χ1) is 9.51. The molecule has 0 bridgehead atoms. The summed E-state index contributed by atoms with van der Waals surface area (Å²) < 4.78 is 0.309. The minimum atomic E-state index is -0.724. The molecule has 6 atom stereocenters. The van der Waals surface area contributed by atoms with Crippen LogP contribution in [0.25, 0.3) is 0 Å². The van der Waals surface area contributed by atoms with Crippen molar-refractivity contribution in [1.82, 2.24) is 0 Å². The molecule has 2 aliphatic rings. The topological polar surface area (TPSA) is 57.5 Å². The first-order valence-corrected chi connectivity index (χ1v) is 9.83. The van der Waals surface area contributed by atoms with Gasteiger partial charge in [-0.25, -0.2) is 0 Å². The standard InChI is InChI=1S/C16H28O3S2/c1-15(2,3)13(19)11-8-7-9(17)12(18)16(4,5)10(8)14(20-6)21-11/h8-12,14,17-18H,7H2,1-6H3. The molecule has 2 rings (SSSR count). The van der Waals surface area contributed by atoms with Gasteiger partial charge >= 0.3 is 0 Å². The summed E-state index contributed by atoms with van der Waals surface area (Å²) in [6.45, 7) is 9.97. The van der Waals surface area contributed by atoms with Crippen molar-refractivity contribution in [3.63, 3.8) is 0 Å². The molecule has 3 nitrogen and oxygen atoms in total. The fraction of sp³-hybridized carbons (Fsp3) is 0.938. The highest BCUT2D eigenvalue weighted by atomic mass is 32.2. The highest BCUT2D eigenvalue weighted by Crippen LogP contribution is 2.60. The zero-order valence-corrected chi connectivity index (χ0v) is 15.4. The predicted molar refractivity (Wildman–Crippen MR) is 90.5 cm³/mol. The molecule has 5 heteroatoms. The maximum Gasteiger partial charge on any atom is 0.151 e. The lowest BCUT2D eigenvalue weighted by Crippen LogP contribution is -2.55. The second kappa shape index (κ2) is 5.73. The maximum atomic E-state index is 12.8. The lowest BCUT2D eigenvalue weighted by atomic mass is 9.60. The van der Waals surface area contributed by atoms with E-state index in [1.807, 2.05) is 34.6 Å². The van der Waals surface area contributed by atoms with E-state index in [2.05, 4.69) is 6.26 Å². The molecule has 122 valence electrons. The normalized spacial score (nSPS) is 42.7. The highest BCUT2D eigenvalue weighted by Gasteiger charge is 2.59. The Bertz CT molecular complexity index is 416. The SMILES string of the molecule is CSC1SC(C(=O)C(C)(C)C)C2CC(O)C(O)C(C)(C)C12. The number of hydrogen-bond donors (Lipinski definition) is 2. The largest absolute Gasteiger partial charge is 0.390 e. The molecule has 1 aliphatic heterocycles. The van der Waals surface area contributed by atoms with Crippen LogP contribution < -0.4 is 0 Å². The maximum absolute atomic E-state index is 12.8. The summed E-state index contributed by atoms with van der Waals surface area (Å²) in [5.74, 6) is 0.693. The molecule has 1 saturated carbocycles. The van der Waals surface area contributed by atoms with Crippen molar-refractivity contribution in [1.29, 1.82) is 0 Å². The molecule has 0 spiro atoms. The Morgan fingerprint density at radius 3 is 2.33 bits per heavy atom. The third-order valence-electron chi connectivity index (χ3n) is 5.15. The minimum absolute atomic E-state index is 0.0612. The van der Waals surface area contributed by atoms with E-state index >= 15 is 0 Å². The number of Topliss-reactive ketones (excluding diaryl/α,β-unsaturated/α-hetero) is 1. The number of thioether (sulfide) groups is 2. The molecule has 0 amide bonds. The van der Waals surface area contributed by atoms with Gasteiger partial charge in [-0.15, -0.1) is 11.8 Å². The fourth-order valence-electron chi connectivity index (χ4n) is 3.88. The number of carbonyl (C=O) groups is 1. The first-order valence-electron chi connectivity index (χ1n) is 7.60. The molecular weight excluding hydrogens is 304 g/mol. The van der Waals surface area contributed by atoms with E-state index in [0.29, 0.717) is 11.0 Å². The summed E-state index contributed by atoms with van der Waals surface area (Å²) in [7, 11) is 0. The van der Waals surface area contributed by atoms with Crippen LogP contribution in [-0.2, 0) is 4.79 Å². The molecular formula is C16H28O3S2. The molecule has 2 N–H and O–H groups in total. The summed E-state index contributed by atoms with van der Waals surface area (Å²) in [5, 5.41) is 20.6. The third-order valence-corrected chi connectivity index (χ3v) is 8.24. The first kappa shape index (κ1) is 17.6. The van der Waals surface area contributed by atoms with Gasteiger partial charge in [0, 0.05) is 5.41 Å². The van der Waals surface area contributed by atoms with Crippen molar-refractivity contribution in [3.8, 4) is 0 Å². The van der Waals surface area contributed by atoms with Gasteiger partial charge in [-0.2, -0.15) is 11.8 Å². The smallest absolute Gasteiger partial charge is 0.151 e. The molecule has 0 radical (unpaired) electrons. The number of ketones is 1. The van der Waals surface area contributed by atoms with E-state index < -0.39 is 12.2 Å². The number of hydrogen-bond acceptors (Lipinski definition) is 5. The molecule has 1 heterocycles. The van der Waals surface area contributed by atoms with E-state index in [-0.39, 0.29) is 33.7 Å². The minimum Gasteiger partial charge on any atom is -0.390 e. The summed E-state index contributed by atoms with van der Waals surface area (Å²) >= 11 is 3.52. The molecule has 1 saturated heterocycles. The van der Waals surface area contributed by atoms with Crippen LogP contribution >= 0.6 is 23.5 Å². The van der Waals surface area contributed by atoms with Crippen LogP contribution in [0, 0.1) is 22.7 Å². The van der Waals surface area contributed by atoms with Gasteiger partial charge in [0.25, 0.3) is 0 Å². The third kappa shape index (κ3) is 2.91. The van der Waals surface area contributed by atoms with Gasteiger partial charge in [0.15, 0.2) is 5.78 Å². The van der Waals surface area contributed by atoms with E-state index in [1.165, 1.54) is 0 Å². The van der Waals surface area contributed by atoms with Gasteiger partial charge < -0.3 is 10.2 Å². The van der Waals surface area contributed by atoms with Crippen molar-refractivity contribution in [2.45, 2.75) is 63.1 Å². The molecule has 21 heavy (non-hydrogen) atoms. The molecule has 0 aromatic heterocycles. The highest BCUT2D eigenvalue weighted by molar-refractivity contribution is 8.17. The van der Waals surface area contributed by atoms with Gasteiger partial charge in [0.2, 0.25) is 0 Å². The molecule has 0 aromatic rings. The van der Waals surface area contributed by atoms with Crippen LogP contribution in [0.1, 0.15) is 41.0 Å². The summed E-state index contributed by atoms with van der Waals surface area (Å²) in [6, 6.07) is 0. The lowest BCUT2D eigenvalue weighted by Gasteiger charge is -2.48. The Hall–Kier alpha value is 0.290. The molecule has 6 unspecified atom stereocenters. The van der Waals surface area contributed by atoms with Crippen LogP contribution in [0.15, 0.2) is 0 Å². The molecule has 2 fully saturated rings. The predicted octanol–water partition coefficient (Wildman–Crippen LogP) is 2.79. The van der Waals surface area contributed by atoms with Crippen molar-refractivity contribution in [3.05, 3.63) is 0 Å². The second-order valence-corrected chi connectivity index (χ2v) is 10.6. The van der Waals surface area contributed by atoms with Gasteiger partial charge in [-0.05, 0) is 29.9 Å². The van der Waals surface area contributed by atoms with Crippen molar-refractivity contribution < 1.29 is 15.0 Å². The summed E-state index contributed by atoms with van der Waals surface area (Å²) in [6.07, 6.45) is 1.17. The van der Waals surface area contributed by atoms with E-state index in [1.54, 1.807) is 23.5 Å². The van der Waals surface area contributed by atoms with Crippen molar-refractivity contribution in [2.24, 2.45) is 22.7 Å². The van der Waals surface area contributed by atoms with Crippen molar-refractivity contribution >= 4 is 29.3 Å². The average Bonchev–Trinajstić information content (AvgIpc) is 2.73. The van der Waals surface area contributed by atoms with Gasteiger partial charge in [-0.1, -0.05) is 34.6 Å². The van der Waals surface area contributed by atoms with Crippen LogP contribution in [0.4, 0.5) is 0 Å². The Morgan fingerprint density at radius 1 is 1.29 bits per heavy atom. The van der Waals surface area contributed by atoms with E-state index in [0.717, 1.165) is 0 Å². The summed E-state index contributed by atoms with van der Waals surface area (Å²) in [5.41, 5.74) is -0.726. The van der Waals surface area contributed by atoms with E-state index in [9.17, 15) is 15.0 Å². The zero-order chi connectivity index (χ0) is 16.2. The van der Waals surface area contributed by atoms with E-state index in [4.69, 9.17) is 0 Å². The second-order valence-electron chi connectivity index (χ2n) is 8.03. The number of aliphatic hydroxyl groups is 2. The molecule has 1 aliphatic carbocycles. The zero-order valence-electron chi connectivity index (χ0n) is 13.8. The number of rotatable bonds is 2. The Labute approximate surface area is 136 Å². The van der Waals surface area contributed by atoms with Crippen molar-refractivity contribution in [2.75, 3.05) is 6.26 Å². The quantitative estimate of drug-likeness (QED) is 0.814. The van der Waals surface area contributed by atoms with Gasteiger partial charge in [0.1, 0.15) is 0 Å². The van der Waals surface area contributed by atoms with Crippen LogP contribution in [-0.4, -0.2) is 44.3 Å². The van der Waals surface area contributed by atoms with Gasteiger partial charge in [0.05, 0.1) is 22.0 Å². The Morgan fingerprint density at radius 2 is 1.86 bits per heavy atom. The average molecular weight is 333 g/mol. The Kier molecular flexibility index (Phi) is 4.82. The fourth-order valence-corrected chi connectivity index (χ4v) is 7.50. The van der Waals surface area contributed by atoms with Gasteiger partial charge in [-0.3, -0.25) is 4.79 Å². The summed E-state index contributed by atoms with van der Waals surface area (Å²) in [4.78, 5) is 12.8.